The first kappa shape index (κ1) is 19.3. The van der Waals surface area contributed by atoms with Crippen LogP contribution in [0.15, 0.2) is 60.7 Å². The molecule has 6 nitrogen and oxygen atoms in total. The van der Waals surface area contributed by atoms with Crippen LogP contribution in [0.5, 0.6) is 0 Å². The van der Waals surface area contributed by atoms with Crippen LogP contribution in [0.1, 0.15) is 26.3 Å². The van der Waals surface area contributed by atoms with Crippen molar-refractivity contribution in [3.8, 4) is 11.1 Å². The van der Waals surface area contributed by atoms with E-state index in [9.17, 15) is 9.59 Å². The number of amides is 1. The second kappa shape index (κ2) is 7.56. The standard InChI is InChI=1S/C25H24N4O2/c1-28-11-13-29(14-12-28)16-9-10-22(21(26)15-16)27-25(31)20-8-4-7-19-23(20)17-5-2-3-6-18(17)24(19)30/h2-10,15H,11-14,26H2,1H3,(H,27,31). The van der Waals surface area contributed by atoms with Crippen LogP contribution >= 0.6 is 0 Å². The van der Waals surface area contributed by atoms with Gasteiger partial charge in [-0.2, -0.15) is 0 Å². The van der Waals surface area contributed by atoms with Gasteiger partial charge in [-0.3, -0.25) is 9.59 Å². The monoisotopic (exact) mass is 412 g/mol. The Morgan fingerprint density at radius 2 is 1.61 bits per heavy atom. The molecule has 31 heavy (non-hydrogen) atoms. The summed E-state index contributed by atoms with van der Waals surface area (Å²) in [6.45, 7) is 3.92. The molecule has 5 rings (SSSR count). The van der Waals surface area contributed by atoms with E-state index in [1.807, 2.05) is 36.4 Å². The van der Waals surface area contributed by atoms with Gasteiger partial charge < -0.3 is 20.9 Å². The van der Waals surface area contributed by atoms with Crippen LogP contribution in [-0.2, 0) is 0 Å². The molecule has 0 aromatic heterocycles. The molecule has 0 radical (unpaired) electrons. The smallest absolute Gasteiger partial charge is 0.256 e. The van der Waals surface area contributed by atoms with Crippen molar-refractivity contribution in [2.24, 2.45) is 0 Å². The molecule has 3 N–H and O–H groups in total. The van der Waals surface area contributed by atoms with Crippen molar-refractivity contribution in [2.75, 3.05) is 49.2 Å². The normalized spacial score (nSPS) is 15.5. The molecule has 0 unspecified atom stereocenters. The number of fused-ring (bicyclic) bond motifs is 3. The molecule has 1 aliphatic heterocycles. The van der Waals surface area contributed by atoms with Gasteiger partial charge in [0, 0.05) is 54.1 Å². The zero-order chi connectivity index (χ0) is 21.5. The second-order valence-corrected chi connectivity index (χ2v) is 8.12. The number of nitrogen functional groups attached to an aromatic ring is 1. The Morgan fingerprint density at radius 1 is 0.903 bits per heavy atom. The Bertz CT molecular complexity index is 1200. The van der Waals surface area contributed by atoms with Crippen molar-refractivity contribution in [3.63, 3.8) is 0 Å². The maximum Gasteiger partial charge on any atom is 0.256 e. The topological polar surface area (TPSA) is 78.7 Å². The van der Waals surface area contributed by atoms with Gasteiger partial charge in [-0.25, -0.2) is 0 Å². The molecule has 0 saturated carbocycles. The number of carbonyl (C=O) groups is 2. The fourth-order valence-corrected chi connectivity index (χ4v) is 4.38. The predicted molar refractivity (Wildman–Crippen MR) is 124 cm³/mol. The molecule has 1 fully saturated rings. The Hall–Kier alpha value is -3.64. The van der Waals surface area contributed by atoms with Crippen LogP contribution in [0.25, 0.3) is 11.1 Å². The first-order valence-corrected chi connectivity index (χ1v) is 10.4. The van der Waals surface area contributed by atoms with Gasteiger partial charge in [-0.1, -0.05) is 36.4 Å². The number of benzene rings is 3. The first-order valence-electron chi connectivity index (χ1n) is 10.4. The molecule has 1 aliphatic carbocycles. The fourth-order valence-electron chi connectivity index (χ4n) is 4.38. The van der Waals surface area contributed by atoms with E-state index in [1.54, 1.807) is 24.3 Å². The fraction of sp³-hybridized carbons (Fsp3) is 0.200. The molecular weight excluding hydrogens is 388 g/mol. The van der Waals surface area contributed by atoms with E-state index in [2.05, 4.69) is 22.2 Å². The minimum atomic E-state index is -0.277. The van der Waals surface area contributed by atoms with Gasteiger partial charge in [0.1, 0.15) is 0 Å². The van der Waals surface area contributed by atoms with Gasteiger partial charge in [0.25, 0.3) is 5.91 Å². The van der Waals surface area contributed by atoms with E-state index in [-0.39, 0.29) is 11.7 Å². The number of nitrogens with zero attached hydrogens (tertiary/aromatic N) is 2. The molecule has 1 saturated heterocycles. The third kappa shape index (κ3) is 3.35. The van der Waals surface area contributed by atoms with Crippen LogP contribution in [0, 0.1) is 0 Å². The van der Waals surface area contributed by atoms with Crippen molar-refractivity contribution in [2.45, 2.75) is 0 Å². The molecule has 0 bridgehead atoms. The molecule has 0 spiro atoms. The summed E-state index contributed by atoms with van der Waals surface area (Å²) in [7, 11) is 2.12. The highest BCUT2D eigenvalue weighted by molar-refractivity contribution is 6.25. The average molecular weight is 412 g/mol. The Kier molecular flexibility index (Phi) is 4.71. The number of nitrogens with two attached hydrogens (primary N) is 1. The molecule has 1 amide bonds. The summed E-state index contributed by atoms with van der Waals surface area (Å²) < 4.78 is 0. The van der Waals surface area contributed by atoms with Crippen molar-refractivity contribution >= 4 is 28.8 Å². The van der Waals surface area contributed by atoms with E-state index in [1.165, 1.54) is 0 Å². The highest BCUT2D eigenvalue weighted by atomic mass is 16.1. The summed E-state index contributed by atoms with van der Waals surface area (Å²) in [4.78, 5) is 30.5. The van der Waals surface area contributed by atoms with E-state index < -0.39 is 0 Å². The number of nitrogens with one attached hydrogen (secondary N) is 1. The zero-order valence-corrected chi connectivity index (χ0v) is 17.4. The molecule has 156 valence electrons. The lowest BCUT2D eigenvalue weighted by atomic mass is 9.99. The van der Waals surface area contributed by atoms with Gasteiger partial charge in [-0.15, -0.1) is 0 Å². The average Bonchev–Trinajstić information content (AvgIpc) is 3.08. The summed E-state index contributed by atoms with van der Waals surface area (Å²) in [5.41, 5.74) is 11.6. The van der Waals surface area contributed by atoms with Crippen molar-refractivity contribution < 1.29 is 9.59 Å². The van der Waals surface area contributed by atoms with Crippen molar-refractivity contribution in [1.82, 2.24) is 4.90 Å². The Morgan fingerprint density at radius 3 is 2.35 bits per heavy atom. The van der Waals surface area contributed by atoms with Gasteiger partial charge >= 0.3 is 0 Å². The Balaban J connectivity index is 1.42. The van der Waals surface area contributed by atoms with Crippen molar-refractivity contribution in [1.29, 1.82) is 0 Å². The van der Waals surface area contributed by atoms with E-state index in [4.69, 9.17) is 5.73 Å². The Labute approximate surface area is 181 Å². The molecule has 0 atom stereocenters. The summed E-state index contributed by atoms with van der Waals surface area (Å²) in [5, 5.41) is 2.94. The maximum absolute atomic E-state index is 13.2. The highest BCUT2D eigenvalue weighted by Crippen LogP contribution is 2.39. The third-order valence-electron chi connectivity index (χ3n) is 6.15. The van der Waals surface area contributed by atoms with E-state index in [0.717, 1.165) is 37.4 Å². The molecule has 3 aromatic rings. The number of piperazine rings is 1. The third-order valence-corrected chi connectivity index (χ3v) is 6.15. The second-order valence-electron chi connectivity index (χ2n) is 8.12. The molecule has 2 aliphatic rings. The maximum atomic E-state index is 13.2. The summed E-state index contributed by atoms with van der Waals surface area (Å²) in [6, 6.07) is 18.4. The van der Waals surface area contributed by atoms with Crippen LogP contribution in [0.2, 0.25) is 0 Å². The van der Waals surface area contributed by atoms with Crippen LogP contribution in [-0.4, -0.2) is 49.8 Å². The number of likely N-dealkylation sites (N-methyl/N-ethyl adjacent to an activating group) is 1. The lowest BCUT2D eigenvalue weighted by molar-refractivity contribution is 0.102. The molecule has 6 heteroatoms. The quantitative estimate of drug-likeness (QED) is 0.504. The summed E-state index contributed by atoms with van der Waals surface area (Å²) in [5.74, 6) is -0.323. The largest absolute Gasteiger partial charge is 0.397 e. The number of hydrogen-bond donors (Lipinski definition) is 2. The zero-order valence-electron chi connectivity index (χ0n) is 17.4. The summed E-state index contributed by atoms with van der Waals surface area (Å²) in [6.07, 6.45) is 0. The lowest BCUT2D eigenvalue weighted by Crippen LogP contribution is -2.44. The highest BCUT2D eigenvalue weighted by Gasteiger charge is 2.30. The van der Waals surface area contributed by atoms with Gasteiger partial charge in [0.05, 0.1) is 11.4 Å². The van der Waals surface area contributed by atoms with Gasteiger partial charge in [0.2, 0.25) is 0 Å². The lowest BCUT2D eigenvalue weighted by Gasteiger charge is -2.34. The molecule has 1 heterocycles. The van der Waals surface area contributed by atoms with Gasteiger partial charge in [0.15, 0.2) is 5.78 Å². The number of hydrogen-bond acceptors (Lipinski definition) is 5. The summed E-state index contributed by atoms with van der Waals surface area (Å²) >= 11 is 0. The number of anilines is 3. The first-order chi connectivity index (χ1) is 15.0. The molecular formula is C25H24N4O2. The van der Waals surface area contributed by atoms with E-state index >= 15 is 0 Å². The van der Waals surface area contributed by atoms with E-state index in [0.29, 0.717) is 33.6 Å². The van der Waals surface area contributed by atoms with Crippen LogP contribution in [0.4, 0.5) is 17.1 Å². The number of ketones is 1. The van der Waals surface area contributed by atoms with Gasteiger partial charge in [-0.05, 0) is 36.9 Å². The predicted octanol–water partition coefficient (Wildman–Crippen LogP) is 3.48. The van der Waals surface area contributed by atoms with Crippen LogP contribution < -0.4 is 16.0 Å². The van der Waals surface area contributed by atoms with Crippen LogP contribution in [0.3, 0.4) is 0 Å². The SMILES string of the molecule is CN1CCN(c2ccc(NC(=O)c3cccc4c3-c3ccccc3C4=O)c(N)c2)CC1. The van der Waals surface area contributed by atoms with Crippen molar-refractivity contribution in [3.05, 3.63) is 77.4 Å². The number of carbonyl (C=O) groups excluding carboxylic acids is 2. The number of rotatable bonds is 3. The molecule has 3 aromatic carbocycles. The minimum absolute atomic E-state index is 0.0451. The minimum Gasteiger partial charge on any atom is -0.397 e.